The summed E-state index contributed by atoms with van der Waals surface area (Å²) in [5.74, 6) is -0.0418. The van der Waals surface area contributed by atoms with Gasteiger partial charge in [-0.25, -0.2) is 9.89 Å². The van der Waals surface area contributed by atoms with Crippen molar-refractivity contribution in [1.29, 1.82) is 0 Å². The summed E-state index contributed by atoms with van der Waals surface area (Å²) >= 11 is 1.33. The Labute approximate surface area is 139 Å². The average molecular weight is 334 g/mol. The molecule has 0 aliphatic carbocycles. The average Bonchev–Trinajstić information content (AvgIpc) is 2.92. The number of amides is 1. The van der Waals surface area contributed by atoms with E-state index in [4.69, 9.17) is 0 Å². The molecule has 2 aromatic rings. The van der Waals surface area contributed by atoms with Crippen molar-refractivity contribution in [3.8, 4) is 0 Å². The molecule has 2 N–H and O–H groups in total. The molecule has 124 valence electrons. The molecule has 1 heterocycles. The molecule has 1 aromatic carbocycles. The van der Waals surface area contributed by atoms with Gasteiger partial charge in [0.1, 0.15) is 0 Å². The number of carbonyl (C=O) groups is 1. The summed E-state index contributed by atoms with van der Waals surface area (Å²) in [6.07, 6.45) is 1.50. The highest BCUT2D eigenvalue weighted by Crippen LogP contribution is 2.23. The summed E-state index contributed by atoms with van der Waals surface area (Å²) in [5, 5.41) is 9.72. The van der Waals surface area contributed by atoms with Crippen molar-refractivity contribution in [2.45, 2.75) is 50.2 Å². The van der Waals surface area contributed by atoms with E-state index in [9.17, 15) is 9.59 Å². The molecule has 1 amide bonds. The maximum atomic E-state index is 12.4. The standard InChI is InChI=1S/C16H22N4O2S/c1-3-10-20-15(22)18-19-16(20)23-13(4-2)14(21)17-11-12-8-6-5-7-9-12/h5-9,13H,3-4,10-11H2,1-2H3,(H,17,21)(H,18,22)/t13-/m0/s1. The first-order valence-electron chi connectivity index (χ1n) is 7.79. The summed E-state index contributed by atoms with van der Waals surface area (Å²) in [4.78, 5) is 24.1. The van der Waals surface area contributed by atoms with Crippen molar-refractivity contribution in [2.24, 2.45) is 0 Å². The lowest BCUT2D eigenvalue weighted by atomic mass is 10.2. The normalized spacial score (nSPS) is 12.1. The fourth-order valence-electron chi connectivity index (χ4n) is 2.16. The van der Waals surface area contributed by atoms with Gasteiger partial charge in [-0.3, -0.25) is 9.36 Å². The zero-order valence-electron chi connectivity index (χ0n) is 13.4. The molecule has 0 fully saturated rings. The molecule has 0 bridgehead atoms. The van der Waals surface area contributed by atoms with E-state index in [0.717, 1.165) is 12.0 Å². The zero-order valence-corrected chi connectivity index (χ0v) is 14.2. The number of thioether (sulfide) groups is 1. The van der Waals surface area contributed by atoms with Gasteiger partial charge in [-0.05, 0) is 18.4 Å². The number of aromatic amines is 1. The number of benzene rings is 1. The molecule has 0 saturated carbocycles. The third-order valence-corrected chi connectivity index (χ3v) is 4.75. The SMILES string of the molecule is CCCn1c(S[C@@H](CC)C(=O)NCc2ccccc2)n[nH]c1=O. The molecule has 1 aromatic heterocycles. The molecule has 0 aliphatic heterocycles. The van der Waals surface area contributed by atoms with Crippen molar-refractivity contribution < 1.29 is 4.79 Å². The summed E-state index contributed by atoms with van der Waals surface area (Å²) in [6, 6.07) is 9.78. The van der Waals surface area contributed by atoms with Crippen molar-refractivity contribution in [3.63, 3.8) is 0 Å². The monoisotopic (exact) mass is 334 g/mol. The highest BCUT2D eigenvalue weighted by Gasteiger charge is 2.21. The highest BCUT2D eigenvalue weighted by atomic mass is 32.2. The third-order valence-electron chi connectivity index (χ3n) is 3.39. The Hall–Kier alpha value is -2.02. The molecule has 0 spiro atoms. The summed E-state index contributed by atoms with van der Waals surface area (Å²) in [5.41, 5.74) is 0.831. The molecular weight excluding hydrogens is 312 g/mol. The topological polar surface area (TPSA) is 79.8 Å². The van der Waals surface area contributed by atoms with Gasteiger partial charge in [-0.15, -0.1) is 5.10 Å². The number of aromatic nitrogens is 3. The maximum absolute atomic E-state index is 12.4. The summed E-state index contributed by atoms with van der Waals surface area (Å²) < 4.78 is 1.58. The van der Waals surface area contributed by atoms with Crippen LogP contribution in [0.25, 0.3) is 0 Å². The van der Waals surface area contributed by atoms with Gasteiger partial charge in [0.2, 0.25) is 5.91 Å². The number of nitrogens with zero attached hydrogens (tertiary/aromatic N) is 2. The Kier molecular flexibility index (Phi) is 6.46. The quantitative estimate of drug-likeness (QED) is 0.725. The predicted molar refractivity (Wildman–Crippen MR) is 91.4 cm³/mol. The summed E-state index contributed by atoms with van der Waals surface area (Å²) in [7, 11) is 0. The van der Waals surface area contributed by atoms with Crippen LogP contribution in [0.5, 0.6) is 0 Å². The molecule has 6 nitrogen and oxygen atoms in total. The maximum Gasteiger partial charge on any atom is 0.343 e. The first-order chi connectivity index (χ1) is 11.2. The lowest BCUT2D eigenvalue weighted by Crippen LogP contribution is -2.32. The number of hydrogen-bond donors (Lipinski definition) is 2. The van der Waals surface area contributed by atoms with E-state index in [-0.39, 0.29) is 16.8 Å². The van der Waals surface area contributed by atoms with Crippen molar-refractivity contribution >= 4 is 17.7 Å². The number of nitrogens with one attached hydrogen (secondary N) is 2. The highest BCUT2D eigenvalue weighted by molar-refractivity contribution is 8.00. The predicted octanol–water partition coefficient (Wildman–Crippen LogP) is 2.17. The molecule has 23 heavy (non-hydrogen) atoms. The van der Waals surface area contributed by atoms with Crippen LogP contribution in [-0.2, 0) is 17.9 Å². The van der Waals surface area contributed by atoms with Gasteiger partial charge >= 0.3 is 5.69 Å². The number of rotatable bonds is 8. The minimum atomic E-state index is -0.274. The minimum absolute atomic E-state index is 0.0418. The Balaban J connectivity index is 1.99. The number of carbonyl (C=O) groups excluding carboxylic acids is 1. The van der Waals surface area contributed by atoms with Crippen LogP contribution in [0, 0.1) is 0 Å². The van der Waals surface area contributed by atoms with Gasteiger partial charge in [0.05, 0.1) is 5.25 Å². The van der Waals surface area contributed by atoms with Crippen LogP contribution in [0.1, 0.15) is 32.3 Å². The summed E-state index contributed by atoms with van der Waals surface area (Å²) in [6.45, 7) is 5.05. The first kappa shape index (κ1) is 17.3. The Bertz CT molecular complexity index is 681. The van der Waals surface area contributed by atoms with Crippen LogP contribution >= 0.6 is 11.8 Å². The Morgan fingerprint density at radius 1 is 1.35 bits per heavy atom. The van der Waals surface area contributed by atoms with Gasteiger partial charge < -0.3 is 5.32 Å². The minimum Gasteiger partial charge on any atom is -0.351 e. The largest absolute Gasteiger partial charge is 0.351 e. The van der Waals surface area contributed by atoms with Crippen LogP contribution in [-0.4, -0.2) is 25.9 Å². The van der Waals surface area contributed by atoms with Crippen molar-refractivity contribution in [1.82, 2.24) is 20.1 Å². The van der Waals surface area contributed by atoms with Crippen LogP contribution in [0.3, 0.4) is 0 Å². The number of H-pyrrole nitrogens is 1. The third kappa shape index (κ3) is 4.72. The smallest absolute Gasteiger partial charge is 0.343 e. The van der Waals surface area contributed by atoms with E-state index in [1.165, 1.54) is 11.8 Å². The molecular formula is C16H22N4O2S. The fraction of sp³-hybridized carbons (Fsp3) is 0.438. The van der Waals surface area contributed by atoms with Gasteiger partial charge in [-0.2, -0.15) is 0 Å². The Morgan fingerprint density at radius 3 is 2.74 bits per heavy atom. The van der Waals surface area contributed by atoms with Crippen LogP contribution in [0.15, 0.2) is 40.3 Å². The van der Waals surface area contributed by atoms with Gasteiger partial charge in [0.15, 0.2) is 5.16 Å². The van der Waals surface area contributed by atoms with E-state index in [2.05, 4.69) is 15.5 Å². The second-order valence-electron chi connectivity index (χ2n) is 5.18. The molecule has 0 saturated heterocycles. The van der Waals surface area contributed by atoms with E-state index >= 15 is 0 Å². The lowest BCUT2D eigenvalue weighted by Gasteiger charge is -2.14. The number of hydrogen-bond acceptors (Lipinski definition) is 4. The fourth-order valence-corrected chi connectivity index (χ4v) is 3.17. The zero-order chi connectivity index (χ0) is 16.7. The molecule has 0 aliphatic rings. The van der Waals surface area contributed by atoms with Gasteiger partial charge in [-0.1, -0.05) is 55.9 Å². The van der Waals surface area contributed by atoms with Gasteiger partial charge in [0, 0.05) is 13.1 Å². The van der Waals surface area contributed by atoms with Crippen LogP contribution in [0.4, 0.5) is 0 Å². The van der Waals surface area contributed by atoms with Crippen molar-refractivity contribution in [3.05, 3.63) is 46.4 Å². The van der Waals surface area contributed by atoms with Gasteiger partial charge in [0.25, 0.3) is 0 Å². The second-order valence-corrected chi connectivity index (χ2v) is 6.35. The van der Waals surface area contributed by atoms with Crippen LogP contribution < -0.4 is 11.0 Å². The van der Waals surface area contributed by atoms with E-state index in [0.29, 0.717) is 24.7 Å². The Morgan fingerprint density at radius 2 is 2.09 bits per heavy atom. The molecule has 2 rings (SSSR count). The molecule has 1 atom stereocenters. The first-order valence-corrected chi connectivity index (χ1v) is 8.67. The van der Waals surface area contributed by atoms with E-state index in [1.54, 1.807) is 4.57 Å². The second kappa shape index (κ2) is 8.57. The van der Waals surface area contributed by atoms with E-state index in [1.807, 2.05) is 44.2 Å². The van der Waals surface area contributed by atoms with E-state index < -0.39 is 0 Å². The molecule has 0 unspecified atom stereocenters. The molecule has 7 heteroatoms. The molecule has 0 radical (unpaired) electrons. The van der Waals surface area contributed by atoms with Crippen LogP contribution in [0.2, 0.25) is 0 Å². The van der Waals surface area contributed by atoms with Crippen molar-refractivity contribution in [2.75, 3.05) is 0 Å². The lowest BCUT2D eigenvalue weighted by molar-refractivity contribution is -0.120.